The van der Waals surface area contributed by atoms with Crippen LogP contribution < -0.4 is 16.0 Å². The number of nitrogens with zero attached hydrogens (tertiary/aromatic N) is 6. The Labute approximate surface area is 167 Å². The van der Waals surface area contributed by atoms with E-state index in [0.29, 0.717) is 34.9 Å². The van der Waals surface area contributed by atoms with Crippen molar-refractivity contribution in [2.45, 2.75) is 19.8 Å². The lowest BCUT2D eigenvalue weighted by atomic mass is 9.98. The minimum Gasteiger partial charge on any atom is -0.440 e. The van der Waals surface area contributed by atoms with Crippen LogP contribution in [-0.4, -0.2) is 44.8 Å². The van der Waals surface area contributed by atoms with Gasteiger partial charge in [0.25, 0.3) is 0 Å². The van der Waals surface area contributed by atoms with E-state index in [2.05, 4.69) is 41.1 Å². The Morgan fingerprint density at radius 2 is 2.00 bits per heavy atom. The number of nitrogens with one attached hydrogen (secondary N) is 3. The highest BCUT2D eigenvalue weighted by molar-refractivity contribution is 5.71. The highest BCUT2D eigenvalue weighted by atomic mass is 16.4. The van der Waals surface area contributed by atoms with Crippen LogP contribution in [0.1, 0.15) is 24.3 Å². The Hall–Kier alpha value is -3.58. The van der Waals surface area contributed by atoms with E-state index < -0.39 is 0 Å². The van der Waals surface area contributed by atoms with Crippen molar-refractivity contribution in [2.75, 3.05) is 30.3 Å². The van der Waals surface area contributed by atoms with Crippen molar-refractivity contribution in [1.29, 1.82) is 5.26 Å². The minimum atomic E-state index is 0.251. The van der Waals surface area contributed by atoms with Crippen LogP contribution in [-0.2, 0) is 0 Å². The van der Waals surface area contributed by atoms with Crippen molar-refractivity contribution >= 4 is 17.3 Å². The summed E-state index contributed by atoms with van der Waals surface area (Å²) < 4.78 is 5.65. The van der Waals surface area contributed by atoms with Gasteiger partial charge in [-0.1, -0.05) is 0 Å². The fraction of sp³-hybridized carbons (Fsp3) is 0.368. The predicted octanol–water partition coefficient (Wildman–Crippen LogP) is 2.26. The van der Waals surface area contributed by atoms with Crippen LogP contribution in [0.15, 0.2) is 29.1 Å². The lowest BCUT2D eigenvalue weighted by Gasteiger charge is -2.23. The number of anilines is 3. The smallest absolute Gasteiger partial charge is 0.249 e. The Morgan fingerprint density at radius 1 is 1.14 bits per heavy atom. The molecule has 0 atom stereocenters. The first-order valence-corrected chi connectivity index (χ1v) is 9.45. The van der Waals surface area contributed by atoms with Gasteiger partial charge in [0.15, 0.2) is 17.2 Å². The number of hydrogen-bond acceptors (Lipinski definition) is 10. The lowest BCUT2D eigenvalue weighted by molar-refractivity contribution is 0.390. The molecule has 1 aliphatic heterocycles. The normalized spacial score (nSPS) is 14.3. The molecule has 0 saturated carbocycles. The molecule has 0 aliphatic carbocycles. The third-order valence-electron chi connectivity index (χ3n) is 4.68. The second-order valence-electron chi connectivity index (χ2n) is 6.87. The van der Waals surface area contributed by atoms with Gasteiger partial charge in [-0.15, -0.1) is 10.2 Å². The van der Waals surface area contributed by atoms with Gasteiger partial charge in [0.05, 0.1) is 24.3 Å². The summed E-state index contributed by atoms with van der Waals surface area (Å²) in [7, 11) is 0. The van der Waals surface area contributed by atoms with Crippen molar-refractivity contribution in [3.63, 3.8) is 0 Å². The monoisotopic (exact) mass is 391 g/mol. The number of aromatic nitrogens is 5. The molecule has 10 nitrogen and oxygen atoms in total. The van der Waals surface area contributed by atoms with Crippen molar-refractivity contribution in [3.05, 3.63) is 36.1 Å². The molecule has 3 aromatic rings. The van der Waals surface area contributed by atoms with Crippen LogP contribution in [0, 0.1) is 24.2 Å². The van der Waals surface area contributed by atoms with Gasteiger partial charge in [-0.3, -0.25) is 0 Å². The summed E-state index contributed by atoms with van der Waals surface area (Å²) in [6.07, 6.45) is 6.80. The molecule has 0 amide bonds. The summed E-state index contributed by atoms with van der Waals surface area (Å²) in [5.41, 5.74) is 1.59. The maximum atomic E-state index is 8.84. The molecule has 4 rings (SSSR count). The first-order chi connectivity index (χ1) is 14.2. The van der Waals surface area contributed by atoms with Gasteiger partial charge in [0.2, 0.25) is 5.89 Å². The third-order valence-corrected chi connectivity index (χ3v) is 4.68. The number of hydrogen-bond donors (Lipinski definition) is 3. The van der Waals surface area contributed by atoms with E-state index in [9.17, 15) is 0 Å². The molecular formula is C19H21N9O. The topological polar surface area (TPSA) is 137 Å². The van der Waals surface area contributed by atoms with Gasteiger partial charge in [-0.25, -0.2) is 15.0 Å². The summed E-state index contributed by atoms with van der Waals surface area (Å²) in [5, 5.41) is 27.3. The summed E-state index contributed by atoms with van der Waals surface area (Å²) in [4.78, 5) is 12.4. The summed E-state index contributed by atoms with van der Waals surface area (Å²) in [5.74, 6) is 2.70. The largest absolute Gasteiger partial charge is 0.440 e. The van der Waals surface area contributed by atoms with E-state index >= 15 is 0 Å². The van der Waals surface area contributed by atoms with Crippen molar-refractivity contribution in [1.82, 2.24) is 30.5 Å². The SMILES string of the molecule is Cc1cnc(-c2nnc(Nc3cnc(C#N)cn3)cc2NCC2CCNCC2)o1. The minimum absolute atomic E-state index is 0.251. The first kappa shape index (κ1) is 18.8. The number of rotatable bonds is 6. The molecule has 3 N–H and O–H groups in total. The van der Waals surface area contributed by atoms with E-state index in [1.54, 1.807) is 6.20 Å². The first-order valence-electron chi connectivity index (χ1n) is 9.45. The standard InChI is InChI=1S/C19H21N9O/c1-12-8-25-19(29-12)18-15(23-9-13-2-4-21-5-3-13)6-16(27-28-18)26-17-11-22-14(7-20)10-24-17/h6,8,10-11,13,21H,2-5,9H2,1H3,(H2,23,24,26,27). The zero-order valence-electron chi connectivity index (χ0n) is 16.0. The molecule has 148 valence electrons. The third kappa shape index (κ3) is 4.64. The van der Waals surface area contributed by atoms with Crippen LogP contribution in [0.25, 0.3) is 11.6 Å². The zero-order valence-corrected chi connectivity index (χ0v) is 16.0. The molecule has 0 radical (unpaired) electrons. The van der Waals surface area contributed by atoms with E-state index in [1.165, 1.54) is 12.4 Å². The van der Waals surface area contributed by atoms with E-state index in [-0.39, 0.29) is 5.69 Å². The van der Waals surface area contributed by atoms with Crippen LogP contribution in [0.5, 0.6) is 0 Å². The highest BCUT2D eigenvalue weighted by Gasteiger charge is 2.18. The maximum Gasteiger partial charge on any atom is 0.249 e. The Bertz CT molecular complexity index is 1000. The Kier molecular flexibility index (Phi) is 5.58. The van der Waals surface area contributed by atoms with Crippen molar-refractivity contribution < 1.29 is 4.42 Å². The summed E-state index contributed by atoms with van der Waals surface area (Å²) in [6, 6.07) is 3.79. The zero-order chi connectivity index (χ0) is 20.1. The van der Waals surface area contributed by atoms with Gasteiger partial charge in [-0.05, 0) is 38.8 Å². The molecule has 4 heterocycles. The fourth-order valence-electron chi connectivity index (χ4n) is 3.13. The van der Waals surface area contributed by atoms with Crippen LogP contribution in [0.4, 0.5) is 17.3 Å². The molecule has 1 aliphatic rings. The van der Waals surface area contributed by atoms with Gasteiger partial charge < -0.3 is 20.4 Å². The number of aryl methyl sites for hydroxylation is 1. The van der Waals surface area contributed by atoms with Crippen LogP contribution in [0.3, 0.4) is 0 Å². The molecule has 3 aromatic heterocycles. The van der Waals surface area contributed by atoms with Crippen molar-refractivity contribution in [3.8, 4) is 17.7 Å². The molecule has 1 saturated heterocycles. The molecule has 0 aromatic carbocycles. The van der Waals surface area contributed by atoms with E-state index in [1.807, 2.05) is 19.1 Å². The fourth-order valence-corrected chi connectivity index (χ4v) is 3.13. The number of piperidine rings is 1. The summed E-state index contributed by atoms with van der Waals surface area (Å²) in [6.45, 7) is 4.75. The Balaban J connectivity index is 1.57. The maximum absolute atomic E-state index is 8.84. The van der Waals surface area contributed by atoms with Gasteiger partial charge in [-0.2, -0.15) is 5.26 Å². The van der Waals surface area contributed by atoms with Gasteiger partial charge in [0, 0.05) is 12.6 Å². The van der Waals surface area contributed by atoms with E-state index in [0.717, 1.165) is 38.2 Å². The average molecular weight is 391 g/mol. The lowest BCUT2D eigenvalue weighted by Crippen LogP contribution is -2.31. The average Bonchev–Trinajstić information content (AvgIpc) is 3.20. The number of nitriles is 1. The second-order valence-corrected chi connectivity index (χ2v) is 6.87. The van der Waals surface area contributed by atoms with Gasteiger partial charge in [0.1, 0.15) is 17.6 Å². The molecule has 0 unspecified atom stereocenters. The second kappa shape index (κ2) is 8.62. The molecule has 0 spiro atoms. The molecule has 10 heteroatoms. The highest BCUT2D eigenvalue weighted by Crippen LogP contribution is 2.28. The van der Waals surface area contributed by atoms with E-state index in [4.69, 9.17) is 9.68 Å². The van der Waals surface area contributed by atoms with Crippen LogP contribution in [0.2, 0.25) is 0 Å². The molecule has 29 heavy (non-hydrogen) atoms. The van der Waals surface area contributed by atoms with Gasteiger partial charge >= 0.3 is 0 Å². The molecular weight excluding hydrogens is 370 g/mol. The molecule has 0 bridgehead atoms. The van der Waals surface area contributed by atoms with Crippen molar-refractivity contribution in [2.24, 2.45) is 5.92 Å². The van der Waals surface area contributed by atoms with Crippen LogP contribution >= 0.6 is 0 Å². The molecule has 1 fully saturated rings. The Morgan fingerprint density at radius 3 is 2.69 bits per heavy atom. The number of oxazole rings is 1. The summed E-state index contributed by atoms with van der Waals surface area (Å²) >= 11 is 0. The quantitative estimate of drug-likeness (QED) is 0.573. The predicted molar refractivity (Wildman–Crippen MR) is 106 cm³/mol.